The van der Waals surface area contributed by atoms with Crippen molar-refractivity contribution in [1.82, 2.24) is 4.57 Å². The molecule has 0 aliphatic rings. The number of carbonyl (C=O) groups excluding carboxylic acids is 1. The van der Waals surface area contributed by atoms with Crippen molar-refractivity contribution in [2.75, 3.05) is 14.2 Å². The summed E-state index contributed by atoms with van der Waals surface area (Å²) in [5.74, 6) is 1.37. The Morgan fingerprint density at radius 2 is 2.05 bits per heavy atom. The van der Waals surface area contributed by atoms with E-state index in [1.165, 1.54) is 7.11 Å². The fraction of sp³-hybridized carbons (Fsp3) is 0.429. The molecule has 2 rings (SSSR count). The largest absolute Gasteiger partial charge is 1.00 e. The van der Waals surface area contributed by atoms with Gasteiger partial charge < -0.3 is 32.2 Å². The monoisotopic (exact) mass is 393 g/mol. The number of ether oxygens (including phenoxy) is 2. The minimum atomic E-state index is -0.296. The van der Waals surface area contributed by atoms with Crippen molar-refractivity contribution in [2.45, 2.75) is 26.6 Å². The molecule has 0 saturated carbocycles. The van der Waals surface area contributed by atoms with Gasteiger partial charge >= 0.3 is 5.97 Å². The fourth-order valence-corrected chi connectivity index (χ4v) is 2.44. The molecule has 0 spiro atoms. The minimum absolute atomic E-state index is 0. The van der Waals surface area contributed by atoms with E-state index in [0.29, 0.717) is 6.54 Å². The highest BCUT2D eigenvalue weighted by Gasteiger charge is 2.25. The lowest BCUT2D eigenvalue weighted by Gasteiger charge is -2.01. The molecule has 0 bridgehead atoms. The van der Waals surface area contributed by atoms with Crippen LogP contribution in [-0.4, -0.2) is 24.8 Å². The van der Waals surface area contributed by atoms with Gasteiger partial charge in [0.05, 0.1) is 27.3 Å². The van der Waals surface area contributed by atoms with E-state index in [2.05, 4.69) is 4.57 Å². The zero-order chi connectivity index (χ0) is 14.7. The van der Waals surface area contributed by atoms with E-state index in [1.54, 1.807) is 7.11 Å². The zero-order valence-electron chi connectivity index (χ0n) is 12.8. The molecule has 0 radical (unpaired) electrons. The van der Waals surface area contributed by atoms with Crippen molar-refractivity contribution in [2.24, 2.45) is 5.73 Å². The second-order valence-corrected chi connectivity index (χ2v) is 4.38. The van der Waals surface area contributed by atoms with Crippen molar-refractivity contribution in [3.8, 4) is 5.75 Å². The standard InChI is InChI=1S/C14H20N3O3.BrH.ClH/c1-4-16-12-7-10(19-2)5-6-11(12)17(13(16)8-15)9-14(18)20-3;;/h5-7H,4,8-9,15H2,1-3H3;2*1H/q+1;;/p-1. The van der Waals surface area contributed by atoms with Crippen LogP contribution in [0, 0.1) is 0 Å². The summed E-state index contributed by atoms with van der Waals surface area (Å²) in [6, 6.07) is 5.75. The summed E-state index contributed by atoms with van der Waals surface area (Å²) in [7, 11) is 3.01. The Morgan fingerprint density at radius 1 is 1.36 bits per heavy atom. The third-order valence-electron chi connectivity index (χ3n) is 3.40. The average molecular weight is 395 g/mol. The molecule has 0 saturated heterocycles. The number of nitrogens with zero attached hydrogens (tertiary/aromatic N) is 2. The van der Waals surface area contributed by atoms with Crippen molar-refractivity contribution >= 4 is 29.4 Å². The van der Waals surface area contributed by atoms with Crippen LogP contribution in [0.25, 0.3) is 11.0 Å². The molecule has 2 N–H and O–H groups in total. The summed E-state index contributed by atoms with van der Waals surface area (Å²) >= 11 is 0. The predicted molar refractivity (Wildman–Crippen MR) is 81.5 cm³/mol. The predicted octanol–water partition coefficient (Wildman–Crippen LogP) is -1.99. The number of hydrogen-bond acceptors (Lipinski definition) is 4. The van der Waals surface area contributed by atoms with Crippen LogP contribution in [0.2, 0.25) is 0 Å². The first-order valence-electron chi connectivity index (χ1n) is 6.52. The highest BCUT2D eigenvalue weighted by Crippen LogP contribution is 2.21. The molecule has 124 valence electrons. The molecule has 0 aliphatic heterocycles. The molecule has 1 heterocycles. The molecule has 0 unspecified atom stereocenters. The van der Waals surface area contributed by atoms with Crippen LogP contribution in [0.3, 0.4) is 0 Å². The number of methoxy groups -OCH3 is 2. The summed E-state index contributed by atoms with van der Waals surface area (Å²) in [4.78, 5) is 11.6. The van der Waals surface area contributed by atoms with Crippen molar-refractivity contribution in [3.05, 3.63) is 24.0 Å². The number of halogens is 2. The van der Waals surface area contributed by atoms with Gasteiger partial charge in [0.15, 0.2) is 17.6 Å². The van der Waals surface area contributed by atoms with Crippen LogP contribution in [-0.2, 0) is 29.2 Å². The van der Waals surface area contributed by atoms with Gasteiger partial charge in [-0.25, -0.2) is 13.9 Å². The number of nitrogens with two attached hydrogens (primary N) is 1. The third kappa shape index (κ3) is 3.71. The van der Waals surface area contributed by atoms with E-state index in [4.69, 9.17) is 15.2 Å². The van der Waals surface area contributed by atoms with E-state index in [9.17, 15) is 4.79 Å². The Kier molecular flexibility index (Phi) is 8.44. The van der Waals surface area contributed by atoms with Crippen LogP contribution in [0.4, 0.5) is 0 Å². The fourth-order valence-electron chi connectivity index (χ4n) is 2.44. The van der Waals surface area contributed by atoms with E-state index >= 15 is 0 Å². The maximum Gasteiger partial charge on any atom is 0.348 e. The maximum absolute atomic E-state index is 11.6. The maximum atomic E-state index is 11.6. The third-order valence-corrected chi connectivity index (χ3v) is 3.40. The van der Waals surface area contributed by atoms with Crippen LogP contribution in [0.5, 0.6) is 5.75 Å². The van der Waals surface area contributed by atoms with Crippen LogP contribution < -0.4 is 32.0 Å². The highest BCUT2D eigenvalue weighted by atomic mass is 79.9. The Labute approximate surface area is 146 Å². The second-order valence-electron chi connectivity index (χ2n) is 4.38. The average Bonchev–Trinajstić information content (AvgIpc) is 2.78. The normalized spacial score (nSPS) is 9.82. The number of fused-ring (bicyclic) bond motifs is 1. The summed E-state index contributed by atoms with van der Waals surface area (Å²) in [5.41, 5.74) is 7.79. The Morgan fingerprint density at radius 3 is 2.55 bits per heavy atom. The van der Waals surface area contributed by atoms with Crippen LogP contribution >= 0.6 is 12.4 Å². The van der Waals surface area contributed by atoms with E-state index in [-0.39, 0.29) is 41.9 Å². The van der Waals surface area contributed by atoms with E-state index < -0.39 is 0 Å². The van der Waals surface area contributed by atoms with Crippen molar-refractivity contribution in [3.63, 3.8) is 0 Å². The number of aryl methyl sites for hydroxylation is 1. The molecule has 0 amide bonds. The van der Waals surface area contributed by atoms with E-state index in [0.717, 1.165) is 29.2 Å². The van der Waals surface area contributed by atoms with Gasteiger partial charge in [-0.3, -0.25) is 0 Å². The Bertz CT molecular complexity index is 646. The van der Waals surface area contributed by atoms with Crippen LogP contribution in [0.15, 0.2) is 18.2 Å². The summed E-state index contributed by atoms with van der Waals surface area (Å²) in [6.45, 7) is 3.31. The lowest BCUT2D eigenvalue weighted by Crippen LogP contribution is -3.00. The van der Waals surface area contributed by atoms with Gasteiger partial charge in [0.2, 0.25) is 0 Å². The molecule has 8 heteroatoms. The van der Waals surface area contributed by atoms with Gasteiger partial charge in [-0.2, -0.15) is 0 Å². The number of esters is 1. The van der Waals surface area contributed by atoms with Crippen molar-refractivity contribution in [1.29, 1.82) is 0 Å². The topological polar surface area (TPSA) is 70.4 Å². The number of hydrogen-bond donors (Lipinski definition) is 1. The molecule has 0 atom stereocenters. The summed E-state index contributed by atoms with van der Waals surface area (Å²) in [6.07, 6.45) is 0. The number of imidazole rings is 1. The van der Waals surface area contributed by atoms with Gasteiger partial charge in [0.1, 0.15) is 5.75 Å². The minimum Gasteiger partial charge on any atom is -1.00 e. The SMILES string of the molecule is CCn1c(CN)[n+](CC(=O)OC)c2ccc(OC)cc21.Cl.[Br-]. The van der Waals surface area contributed by atoms with Gasteiger partial charge in [0.25, 0.3) is 5.82 Å². The molecular formula is C14H21BrClN3O3. The van der Waals surface area contributed by atoms with Gasteiger partial charge in [-0.1, -0.05) is 0 Å². The molecule has 1 aromatic heterocycles. The lowest BCUT2D eigenvalue weighted by atomic mass is 10.3. The number of rotatable bonds is 5. The first-order valence-corrected chi connectivity index (χ1v) is 6.52. The van der Waals surface area contributed by atoms with Crippen LogP contribution in [0.1, 0.15) is 12.7 Å². The molecule has 0 fully saturated rings. The molecular weight excluding hydrogens is 374 g/mol. The second kappa shape index (κ2) is 8.97. The molecule has 2 aromatic rings. The van der Waals surface area contributed by atoms with E-state index in [1.807, 2.05) is 29.7 Å². The smallest absolute Gasteiger partial charge is 0.348 e. The van der Waals surface area contributed by atoms with Gasteiger partial charge in [-0.15, -0.1) is 12.4 Å². The first kappa shape index (κ1) is 20.7. The Balaban J connectivity index is 0.00000220. The Hall–Kier alpha value is -1.31. The molecule has 1 aromatic carbocycles. The summed E-state index contributed by atoms with van der Waals surface area (Å²) in [5, 5.41) is 0. The van der Waals surface area contributed by atoms with Crippen molar-refractivity contribution < 1.29 is 35.8 Å². The molecule has 0 aliphatic carbocycles. The summed E-state index contributed by atoms with van der Waals surface area (Å²) < 4.78 is 14.0. The van der Waals surface area contributed by atoms with Gasteiger partial charge in [0, 0.05) is 6.07 Å². The lowest BCUT2D eigenvalue weighted by molar-refractivity contribution is -0.668. The first-order chi connectivity index (χ1) is 9.65. The highest BCUT2D eigenvalue weighted by molar-refractivity contribution is 5.85. The quantitative estimate of drug-likeness (QED) is 0.471. The van der Waals surface area contributed by atoms with Gasteiger partial charge in [-0.05, 0) is 19.1 Å². The molecule has 22 heavy (non-hydrogen) atoms. The molecule has 6 nitrogen and oxygen atoms in total. The number of carbonyl (C=O) groups is 1. The number of aromatic nitrogens is 2. The zero-order valence-corrected chi connectivity index (χ0v) is 15.2. The number of benzene rings is 1.